The van der Waals surface area contributed by atoms with E-state index in [0.29, 0.717) is 25.9 Å². The van der Waals surface area contributed by atoms with Gasteiger partial charge in [-0.2, -0.15) is 0 Å². The van der Waals surface area contributed by atoms with Crippen molar-refractivity contribution in [1.82, 2.24) is 14.6 Å². The summed E-state index contributed by atoms with van der Waals surface area (Å²) in [6.07, 6.45) is 4.24. The Morgan fingerprint density at radius 3 is 2.83 bits per heavy atom. The number of rotatable bonds is 5. The molecule has 10 heteroatoms. The normalized spacial score (nSPS) is 24.1. The summed E-state index contributed by atoms with van der Waals surface area (Å²) in [5.41, 5.74) is 2.16. The molecule has 0 spiro atoms. The first-order valence-electron chi connectivity index (χ1n) is 9.67. The molecule has 1 aromatic heterocycles. The van der Waals surface area contributed by atoms with Gasteiger partial charge in [0, 0.05) is 50.5 Å². The van der Waals surface area contributed by atoms with Crippen LogP contribution in [0.15, 0.2) is 18.3 Å². The molecular weight excluding hydrogens is 398 g/mol. The predicted octanol–water partition coefficient (Wildman–Crippen LogP) is 0.790. The zero-order valence-electron chi connectivity index (χ0n) is 16.8. The smallest absolute Gasteiger partial charge is 0.290 e. The molecule has 2 N–H and O–H groups in total. The third-order valence-electron chi connectivity index (χ3n) is 5.43. The summed E-state index contributed by atoms with van der Waals surface area (Å²) in [7, 11) is -1.75. The molecular formula is C19H29N3O6S. The second-order valence-corrected chi connectivity index (χ2v) is 9.18. The summed E-state index contributed by atoms with van der Waals surface area (Å²) in [6.45, 7) is 2.60. The van der Waals surface area contributed by atoms with E-state index in [9.17, 15) is 13.2 Å². The number of carboxylic acid groups (broad SMARTS) is 1. The average Bonchev–Trinajstić information content (AvgIpc) is 2.73. The number of sulfonamides is 1. The third kappa shape index (κ3) is 6.22. The van der Waals surface area contributed by atoms with Crippen LogP contribution in [-0.4, -0.2) is 67.3 Å². The first kappa shape index (κ1) is 23.2. The fraction of sp³-hybridized carbons (Fsp3) is 0.632. The fourth-order valence-corrected chi connectivity index (χ4v) is 4.78. The maximum Gasteiger partial charge on any atom is 0.290 e. The molecule has 3 atom stereocenters. The first-order chi connectivity index (χ1) is 13.8. The van der Waals surface area contributed by atoms with Gasteiger partial charge in [-0.05, 0) is 37.8 Å². The summed E-state index contributed by atoms with van der Waals surface area (Å²) < 4.78 is 32.1. The summed E-state index contributed by atoms with van der Waals surface area (Å²) in [6, 6.07) is 3.56. The number of methoxy groups -OCH3 is 1. The van der Waals surface area contributed by atoms with Crippen LogP contribution in [0.25, 0.3) is 0 Å². The minimum atomic E-state index is -3.34. The van der Waals surface area contributed by atoms with Gasteiger partial charge in [-0.15, -0.1) is 0 Å². The first-order valence-corrected chi connectivity index (χ1v) is 11.3. The van der Waals surface area contributed by atoms with Crippen LogP contribution in [0.1, 0.15) is 37.4 Å². The van der Waals surface area contributed by atoms with Crippen molar-refractivity contribution in [3.05, 3.63) is 29.6 Å². The van der Waals surface area contributed by atoms with Crippen molar-refractivity contribution in [2.75, 3.05) is 19.4 Å². The molecule has 1 aromatic rings. The van der Waals surface area contributed by atoms with Crippen LogP contribution in [0, 0.1) is 5.92 Å². The van der Waals surface area contributed by atoms with Crippen molar-refractivity contribution in [2.45, 2.75) is 51.3 Å². The highest BCUT2D eigenvalue weighted by molar-refractivity contribution is 7.89. The average molecular weight is 428 g/mol. The minimum Gasteiger partial charge on any atom is -0.483 e. The molecule has 1 saturated carbocycles. The number of pyridine rings is 1. The van der Waals surface area contributed by atoms with E-state index >= 15 is 0 Å². The second kappa shape index (κ2) is 10.7. The van der Waals surface area contributed by atoms with Crippen molar-refractivity contribution in [2.24, 2.45) is 5.92 Å². The molecule has 0 unspecified atom stereocenters. The Labute approximate surface area is 171 Å². The monoisotopic (exact) mass is 427 g/mol. The number of fused-ring (bicyclic) bond motifs is 1. The Kier molecular flexibility index (Phi) is 8.54. The van der Waals surface area contributed by atoms with Crippen molar-refractivity contribution in [3.63, 3.8) is 0 Å². The van der Waals surface area contributed by atoms with Crippen molar-refractivity contribution >= 4 is 22.4 Å². The highest BCUT2D eigenvalue weighted by Gasteiger charge is 2.38. The standard InChI is InChI=1S/C18H27N3O4S.CH2O2/c1-3-26(23,24)20-16-11-13(6-7-17(16)25-2)18(22)21-10-8-15-14(12-21)5-4-9-19-15;2-1-3/h4-5,9,13,16-17,20H,3,6-8,10-12H2,1-2H3;1H,(H,2,3)/t13-,16+,17+;/m0./s1. The molecule has 0 radical (unpaired) electrons. The number of hydrogen-bond acceptors (Lipinski definition) is 6. The lowest BCUT2D eigenvalue weighted by Crippen LogP contribution is -2.51. The van der Waals surface area contributed by atoms with E-state index in [1.165, 1.54) is 0 Å². The third-order valence-corrected chi connectivity index (χ3v) is 6.85. The van der Waals surface area contributed by atoms with E-state index < -0.39 is 10.0 Å². The zero-order valence-corrected chi connectivity index (χ0v) is 17.6. The van der Waals surface area contributed by atoms with Crippen LogP contribution in [0.3, 0.4) is 0 Å². The van der Waals surface area contributed by atoms with Gasteiger partial charge in [0.05, 0.1) is 11.9 Å². The molecule has 1 aliphatic heterocycles. The van der Waals surface area contributed by atoms with Gasteiger partial charge in [0.25, 0.3) is 6.47 Å². The van der Waals surface area contributed by atoms with E-state index in [4.69, 9.17) is 14.6 Å². The number of carbonyl (C=O) groups is 2. The number of amides is 1. The van der Waals surface area contributed by atoms with Gasteiger partial charge in [0.1, 0.15) is 0 Å². The van der Waals surface area contributed by atoms with Gasteiger partial charge in [0.2, 0.25) is 15.9 Å². The van der Waals surface area contributed by atoms with Gasteiger partial charge in [-0.25, -0.2) is 13.1 Å². The molecule has 1 amide bonds. The molecule has 3 rings (SSSR count). The number of nitrogens with one attached hydrogen (secondary N) is 1. The SMILES string of the molecule is CCS(=O)(=O)N[C@@H]1C[C@@H](C(=O)N2CCc3ncccc3C2)CC[C@H]1OC.O=CO. The van der Waals surface area contributed by atoms with Gasteiger partial charge in [0.15, 0.2) is 0 Å². The summed E-state index contributed by atoms with van der Waals surface area (Å²) >= 11 is 0. The molecule has 9 nitrogen and oxygen atoms in total. The summed E-state index contributed by atoms with van der Waals surface area (Å²) in [5.74, 6) is -0.0482. The molecule has 162 valence electrons. The van der Waals surface area contributed by atoms with Crippen LogP contribution >= 0.6 is 0 Å². The lowest BCUT2D eigenvalue weighted by Gasteiger charge is -2.38. The number of hydrogen-bond donors (Lipinski definition) is 2. The Hall–Kier alpha value is -2.04. The number of ether oxygens (including phenoxy) is 1. The molecule has 1 fully saturated rings. The molecule has 0 aromatic carbocycles. The van der Waals surface area contributed by atoms with Gasteiger partial charge < -0.3 is 14.7 Å². The fourth-order valence-electron chi connectivity index (χ4n) is 3.90. The van der Waals surface area contributed by atoms with Crippen molar-refractivity contribution < 1.29 is 27.9 Å². The topological polar surface area (TPSA) is 126 Å². The Morgan fingerprint density at radius 2 is 2.17 bits per heavy atom. The Bertz CT molecular complexity index is 801. The zero-order chi connectivity index (χ0) is 21.4. The molecule has 2 heterocycles. The van der Waals surface area contributed by atoms with Crippen LogP contribution in [0.2, 0.25) is 0 Å². The van der Waals surface area contributed by atoms with E-state index in [-0.39, 0.29) is 36.2 Å². The summed E-state index contributed by atoms with van der Waals surface area (Å²) in [5, 5.41) is 6.89. The Morgan fingerprint density at radius 1 is 1.45 bits per heavy atom. The van der Waals surface area contributed by atoms with Crippen LogP contribution in [0.5, 0.6) is 0 Å². The van der Waals surface area contributed by atoms with Gasteiger partial charge in [-0.1, -0.05) is 6.07 Å². The highest BCUT2D eigenvalue weighted by Crippen LogP contribution is 2.30. The summed E-state index contributed by atoms with van der Waals surface area (Å²) in [4.78, 5) is 27.6. The Balaban J connectivity index is 0.000000941. The molecule has 0 saturated heterocycles. The molecule has 1 aliphatic carbocycles. The number of carbonyl (C=O) groups excluding carboxylic acids is 1. The van der Waals surface area contributed by atoms with Gasteiger partial charge >= 0.3 is 0 Å². The second-order valence-electron chi connectivity index (χ2n) is 7.14. The quantitative estimate of drug-likeness (QED) is 0.665. The molecule has 29 heavy (non-hydrogen) atoms. The lowest BCUT2D eigenvalue weighted by molar-refractivity contribution is -0.139. The lowest BCUT2D eigenvalue weighted by atomic mass is 9.83. The van der Waals surface area contributed by atoms with Crippen LogP contribution < -0.4 is 4.72 Å². The number of nitrogens with zero attached hydrogens (tertiary/aromatic N) is 2. The number of aromatic nitrogens is 1. The molecule has 0 bridgehead atoms. The maximum atomic E-state index is 13.0. The minimum absolute atomic E-state index is 0.0223. The van der Waals surface area contributed by atoms with Crippen LogP contribution in [-0.2, 0) is 37.3 Å². The van der Waals surface area contributed by atoms with E-state index in [0.717, 1.165) is 24.1 Å². The maximum absolute atomic E-state index is 13.0. The van der Waals surface area contributed by atoms with E-state index in [1.807, 2.05) is 17.0 Å². The van der Waals surface area contributed by atoms with Crippen LogP contribution in [0.4, 0.5) is 0 Å². The predicted molar refractivity (Wildman–Crippen MR) is 107 cm³/mol. The van der Waals surface area contributed by atoms with E-state index in [2.05, 4.69) is 9.71 Å². The van der Waals surface area contributed by atoms with Crippen molar-refractivity contribution in [1.29, 1.82) is 0 Å². The highest BCUT2D eigenvalue weighted by atomic mass is 32.2. The van der Waals surface area contributed by atoms with Crippen molar-refractivity contribution in [3.8, 4) is 0 Å². The molecule has 2 aliphatic rings. The largest absolute Gasteiger partial charge is 0.483 e. The van der Waals surface area contributed by atoms with E-state index in [1.54, 1.807) is 20.2 Å². The van der Waals surface area contributed by atoms with Gasteiger partial charge in [-0.3, -0.25) is 14.6 Å².